The van der Waals surface area contributed by atoms with Gasteiger partial charge in [-0.1, -0.05) is 6.92 Å². The number of carbonyl (C=O) groups excluding carboxylic acids is 2. The maximum Gasteiger partial charge on any atom is 0.323 e. The molecule has 0 bridgehead atoms. The van der Waals surface area contributed by atoms with E-state index < -0.39 is 0 Å². The fourth-order valence-electron chi connectivity index (χ4n) is 3.28. The second kappa shape index (κ2) is 7.07. The summed E-state index contributed by atoms with van der Waals surface area (Å²) in [4.78, 5) is 25.7. The molecule has 20 heavy (non-hydrogen) atoms. The Morgan fingerprint density at radius 2 is 1.90 bits per heavy atom. The molecule has 0 aromatic rings. The number of rotatable bonds is 4. The molecule has 2 fully saturated rings. The van der Waals surface area contributed by atoms with Crippen molar-refractivity contribution in [3.63, 3.8) is 0 Å². The number of ether oxygens (including phenoxy) is 1. The molecule has 1 saturated carbocycles. The lowest BCUT2D eigenvalue weighted by atomic mass is 9.87. The minimum Gasteiger partial charge on any atom is -0.468 e. The van der Waals surface area contributed by atoms with Crippen molar-refractivity contribution in [2.24, 2.45) is 5.92 Å². The summed E-state index contributed by atoms with van der Waals surface area (Å²) in [5, 5.41) is 3.11. The van der Waals surface area contributed by atoms with Crippen LogP contribution in [-0.2, 0) is 14.3 Å². The Bertz CT molecular complexity index is 351. The molecule has 1 aliphatic carbocycles. The second-order valence-corrected chi connectivity index (χ2v) is 6.18. The summed E-state index contributed by atoms with van der Waals surface area (Å²) in [7, 11) is 1.40. The largest absolute Gasteiger partial charge is 0.468 e. The molecule has 0 aromatic heterocycles. The van der Waals surface area contributed by atoms with Gasteiger partial charge in [-0.15, -0.1) is 0 Å². The molecule has 0 unspecified atom stereocenters. The molecule has 0 radical (unpaired) electrons. The van der Waals surface area contributed by atoms with Crippen molar-refractivity contribution in [1.29, 1.82) is 0 Å². The van der Waals surface area contributed by atoms with E-state index in [2.05, 4.69) is 12.2 Å². The van der Waals surface area contributed by atoms with Crippen LogP contribution in [-0.4, -0.2) is 49.1 Å². The molecule has 5 heteroatoms. The predicted octanol–water partition coefficient (Wildman–Crippen LogP) is 1.32. The lowest BCUT2D eigenvalue weighted by Crippen LogP contribution is -2.46. The van der Waals surface area contributed by atoms with Crippen LogP contribution < -0.4 is 5.32 Å². The van der Waals surface area contributed by atoms with Gasteiger partial charge in [0.1, 0.15) is 6.04 Å². The Hall–Kier alpha value is -1.10. The van der Waals surface area contributed by atoms with Crippen molar-refractivity contribution < 1.29 is 14.3 Å². The third-order valence-electron chi connectivity index (χ3n) is 4.56. The van der Waals surface area contributed by atoms with Gasteiger partial charge in [0.05, 0.1) is 13.7 Å². The number of nitrogens with one attached hydrogen (secondary N) is 1. The quantitative estimate of drug-likeness (QED) is 0.790. The van der Waals surface area contributed by atoms with Crippen LogP contribution in [0.15, 0.2) is 0 Å². The fourth-order valence-corrected chi connectivity index (χ4v) is 3.28. The summed E-state index contributed by atoms with van der Waals surface area (Å²) in [5.41, 5.74) is 0. The number of hydrogen-bond acceptors (Lipinski definition) is 4. The second-order valence-electron chi connectivity index (χ2n) is 6.18. The average molecular weight is 282 g/mol. The van der Waals surface area contributed by atoms with E-state index in [0.29, 0.717) is 12.6 Å². The smallest absolute Gasteiger partial charge is 0.323 e. The molecule has 2 rings (SSSR count). The maximum absolute atomic E-state index is 12.1. The first-order chi connectivity index (χ1) is 9.60. The summed E-state index contributed by atoms with van der Waals surface area (Å²) >= 11 is 0. The standard InChI is InChI=1S/C15H26N2O3/c1-11-5-7-12(8-6-11)16-14(18)10-17-9-3-4-13(17)15(19)20-2/h11-13H,3-10H2,1-2H3,(H,16,18)/t11?,12?,13-/m1/s1. The summed E-state index contributed by atoms with van der Waals surface area (Å²) in [5.74, 6) is 0.604. The Morgan fingerprint density at radius 3 is 2.55 bits per heavy atom. The number of nitrogens with zero attached hydrogens (tertiary/aromatic N) is 1. The fraction of sp³-hybridized carbons (Fsp3) is 0.867. The van der Waals surface area contributed by atoms with Gasteiger partial charge in [0.25, 0.3) is 0 Å². The van der Waals surface area contributed by atoms with Gasteiger partial charge in [0, 0.05) is 6.04 Å². The van der Waals surface area contributed by atoms with Crippen molar-refractivity contribution in [2.45, 2.75) is 57.5 Å². The van der Waals surface area contributed by atoms with E-state index in [4.69, 9.17) is 4.74 Å². The molecule has 0 spiro atoms. The van der Waals surface area contributed by atoms with Gasteiger partial charge in [0.15, 0.2) is 0 Å². The summed E-state index contributed by atoms with van der Waals surface area (Å²) in [6.07, 6.45) is 6.29. The van der Waals surface area contributed by atoms with E-state index in [1.165, 1.54) is 20.0 Å². The molecule has 0 aromatic carbocycles. The zero-order valence-electron chi connectivity index (χ0n) is 12.6. The third kappa shape index (κ3) is 3.95. The Labute approximate surface area is 121 Å². The van der Waals surface area contributed by atoms with Gasteiger partial charge in [-0.05, 0) is 51.0 Å². The highest BCUT2D eigenvalue weighted by atomic mass is 16.5. The van der Waals surface area contributed by atoms with Crippen LogP contribution in [0.25, 0.3) is 0 Å². The van der Waals surface area contributed by atoms with E-state index in [1.54, 1.807) is 0 Å². The first-order valence-electron chi connectivity index (χ1n) is 7.71. The molecule has 1 heterocycles. The van der Waals surface area contributed by atoms with Crippen molar-refractivity contribution in [3.05, 3.63) is 0 Å². The van der Waals surface area contributed by atoms with Crippen LogP contribution in [0, 0.1) is 5.92 Å². The molecule has 1 amide bonds. The first-order valence-corrected chi connectivity index (χ1v) is 7.71. The molecule has 114 valence electrons. The maximum atomic E-state index is 12.1. The number of hydrogen-bond donors (Lipinski definition) is 1. The molecular weight excluding hydrogens is 256 g/mol. The zero-order valence-corrected chi connectivity index (χ0v) is 12.6. The predicted molar refractivity (Wildman–Crippen MR) is 76.2 cm³/mol. The first kappa shape index (κ1) is 15.3. The van der Waals surface area contributed by atoms with Crippen molar-refractivity contribution in [3.8, 4) is 0 Å². The Kier molecular flexibility index (Phi) is 5.40. The van der Waals surface area contributed by atoms with Crippen LogP contribution >= 0.6 is 0 Å². The molecule has 1 atom stereocenters. The highest BCUT2D eigenvalue weighted by Gasteiger charge is 2.33. The molecule has 1 saturated heterocycles. The van der Waals surface area contributed by atoms with E-state index in [-0.39, 0.29) is 17.9 Å². The number of carbonyl (C=O) groups is 2. The Balaban J connectivity index is 1.77. The van der Waals surface area contributed by atoms with Crippen LogP contribution in [0.1, 0.15) is 45.4 Å². The van der Waals surface area contributed by atoms with Gasteiger partial charge < -0.3 is 10.1 Å². The molecule has 1 aliphatic heterocycles. The monoisotopic (exact) mass is 282 g/mol. The van der Waals surface area contributed by atoms with Crippen LogP contribution in [0.5, 0.6) is 0 Å². The van der Waals surface area contributed by atoms with E-state index in [1.807, 2.05) is 4.90 Å². The number of likely N-dealkylation sites (tertiary alicyclic amines) is 1. The van der Waals surface area contributed by atoms with E-state index in [0.717, 1.165) is 38.1 Å². The van der Waals surface area contributed by atoms with E-state index in [9.17, 15) is 9.59 Å². The summed E-state index contributed by atoms with van der Waals surface area (Å²) < 4.78 is 4.80. The lowest BCUT2D eigenvalue weighted by molar-refractivity contribution is -0.146. The third-order valence-corrected chi connectivity index (χ3v) is 4.56. The average Bonchev–Trinajstić information content (AvgIpc) is 2.88. The lowest BCUT2D eigenvalue weighted by Gasteiger charge is -2.28. The Morgan fingerprint density at radius 1 is 1.20 bits per heavy atom. The SMILES string of the molecule is COC(=O)[C@H]1CCCN1CC(=O)NC1CCC(C)CC1. The number of esters is 1. The van der Waals surface area contributed by atoms with Gasteiger partial charge >= 0.3 is 5.97 Å². The highest BCUT2D eigenvalue weighted by molar-refractivity contribution is 5.81. The topological polar surface area (TPSA) is 58.6 Å². The molecule has 2 aliphatic rings. The summed E-state index contributed by atoms with van der Waals surface area (Å²) in [6, 6.07) is 0.0787. The van der Waals surface area contributed by atoms with Gasteiger partial charge in [-0.25, -0.2) is 0 Å². The van der Waals surface area contributed by atoms with Crippen LogP contribution in [0.4, 0.5) is 0 Å². The summed E-state index contributed by atoms with van der Waals surface area (Å²) in [6.45, 7) is 3.38. The number of amides is 1. The highest BCUT2D eigenvalue weighted by Crippen LogP contribution is 2.23. The van der Waals surface area contributed by atoms with E-state index >= 15 is 0 Å². The molecule has 1 N–H and O–H groups in total. The molecular formula is C15H26N2O3. The van der Waals surface area contributed by atoms with Crippen LogP contribution in [0.3, 0.4) is 0 Å². The minimum absolute atomic E-state index is 0.0420. The van der Waals surface area contributed by atoms with Gasteiger partial charge in [-0.3, -0.25) is 14.5 Å². The van der Waals surface area contributed by atoms with Gasteiger partial charge in [0.2, 0.25) is 5.91 Å². The van der Waals surface area contributed by atoms with Crippen LogP contribution in [0.2, 0.25) is 0 Å². The van der Waals surface area contributed by atoms with Gasteiger partial charge in [-0.2, -0.15) is 0 Å². The minimum atomic E-state index is -0.239. The van der Waals surface area contributed by atoms with Crippen molar-refractivity contribution in [1.82, 2.24) is 10.2 Å². The molecule has 5 nitrogen and oxygen atoms in total. The zero-order chi connectivity index (χ0) is 14.5. The van der Waals surface area contributed by atoms with Crippen molar-refractivity contribution >= 4 is 11.9 Å². The van der Waals surface area contributed by atoms with Crippen molar-refractivity contribution in [2.75, 3.05) is 20.2 Å². The number of methoxy groups -OCH3 is 1. The normalized spacial score (nSPS) is 31.0.